The lowest BCUT2D eigenvalue weighted by Gasteiger charge is -2.22. The van der Waals surface area contributed by atoms with Gasteiger partial charge in [-0.05, 0) is 31.9 Å². The SMILES string of the molecule is Cc1nn(-c2ccccc2)cc1CNC(=O)N(C)CC1(CO)CC1. The molecule has 24 heavy (non-hydrogen) atoms. The van der Waals surface area contributed by atoms with Crippen LogP contribution in [0, 0.1) is 12.3 Å². The van der Waals surface area contributed by atoms with Crippen molar-refractivity contribution in [2.45, 2.75) is 26.3 Å². The first-order valence-corrected chi connectivity index (χ1v) is 8.23. The van der Waals surface area contributed by atoms with E-state index in [2.05, 4.69) is 10.4 Å². The average molecular weight is 328 g/mol. The van der Waals surface area contributed by atoms with Crippen molar-refractivity contribution < 1.29 is 9.90 Å². The van der Waals surface area contributed by atoms with Crippen molar-refractivity contribution in [3.8, 4) is 5.69 Å². The van der Waals surface area contributed by atoms with Crippen LogP contribution in [0.2, 0.25) is 0 Å². The van der Waals surface area contributed by atoms with E-state index in [-0.39, 0.29) is 18.1 Å². The van der Waals surface area contributed by atoms with Crippen LogP contribution in [0.3, 0.4) is 0 Å². The molecule has 0 spiro atoms. The maximum atomic E-state index is 12.2. The van der Waals surface area contributed by atoms with Gasteiger partial charge in [-0.1, -0.05) is 18.2 Å². The Morgan fingerprint density at radius 3 is 2.71 bits per heavy atom. The molecule has 1 aromatic heterocycles. The number of aryl methyl sites for hydroxylation is 1. The predicted molar refractivity (Wildman–Crippen MR) is 91.9 cm³/mol. The number of hydrogen-bond donors (Lipinski definition) is 2. The molecule has 1 saturated carbocycles. The Balaban J connectivity index is 1.58. The summed E-state index contributed by atoms with van der Waals surface area (Å²) in [6.45, 7) is 3.12. The number of aliphatic hydroxyl groups excluding tert-OH is 1. The molecule has 1 heterocycles. The number of aliphatic hydroxyl groups is 1. The minimum atomic E-state index is -0.124. The molecule has 0 bridgehead atoms. The predicted octanol–water partition coefficient (Wildman–Crippen LogP) is 2.09. The highest BCUT2D eigenvalue weighted by Gasteiger charge is 2.43. The molecule has 2 aromatic rings. The number of carbonyl (C=O) groups excluding carboxylic acids is 1. The van der Waals surface area contributed by atoms with Gasteiger partial charge >= 0.3 is 6.03 Å². The van der Waals surface area contributed by atoms with Gasteiger partial charge in [-0.3, -0.25) is 0 Å². The summed E-state index contributed by atoms with van der Waals surface area (Å²) in [7, 11) is 1.77. The lowest BCUT2D eigenvalue weighted by molar-refractivity contribution is 0.161. The summed E-state index contributed by atoms with van der Waals surface area (Å²) in [5, 5.41) is 16.8. The van der Waals surface area contributed by atoms with E-state index in [9.17, 15) is 9.90 Å². The van der Waals surface area contributed by atoms with E-state index in [4.69, 9.17) is 0 Å². The highest BCUT2D eigenvalue weighted by molar-refractivity contribution is 5.74. The van der Waals surface area contributed by atoms with Gasteiger partial charge in [0.2, 0.25) is 0 Å². The van der Waals surface area contributed by atoms with Gasteiger partial charge in [-0.2, -0.15) is 5.10 Å². The molecule has 1 aliphatic carbocycles. The first-order chi connectivity index (χ1) is 11.5. The molecule has 1 fully saturated rings. The van der Waals surface area contributed by atoms with Gasteiger partial charge in [0.15, 0.2) is 0 Å². The Labute approximate surface area is 142 Å². The van der Waals surface area contributed by atoms with E-state index >= 15 is 0 Å². The Morgan fingerprint density at radius 2 is 2.08 bits per heavy atom. The third-order valence-electron chi connectivity index (χ3n) is 4.66. The second-order valence-electron chi connectivity index (χ2n) is 6.69. The quantitative estimate of drug-likeness (QED) is 0.853. The van der Waals surface area contributed by atoms with Gasteiger partial charge in [-0.25, -0.2) is 9.48 Å². The van der Waals surface area contributed by atoms with Gasteiger partial charge in [0.1, 0.15) is 0 Å². The zero-order valence-corrected chi connectivity index (χ0v) is 14.2. The maximum Gasteiger partial charge on any atom is 0.317 e. The van der Waals surface area contributed by atoms with Gasteiger partial charge in [0, 0.05) is 37.3 Å². The second-order valence-corrected chi connectivity index (χ2v) is 6.69. The summed E-state index contributed by atoms with van der Waals surface area (Å²) in [6, 6.07) is 9.77. The molecule has 0 atom stereocenters. The molecular weight excluding hydrogens is 304 g/mol. The van der Waals surface area contributed by atoms with Gasteiger partial charge < -0.3 is 15.3 Å². The summed E-state index contributed by atoms with van der Waals surface area (Å²) in [5.74, 6) is 0. The molecule has 0 aliphatic heterocycles. The molecule has 6 heteroatoms. The normalized spacial score (nSPS) is 15.1. The largest absolute Gasteiger partial charge is 0.396 e. The zero-order valence-electron chi connectivity index (χ0n) is 14.2. The van der Waals surface area contributed by atoms with Crippen LogP contribution < -0.4 is 5.32 Å². The number of benzene rings is 1. The lowest BCUT2D eigenvalue weighted by atomic mass is 10.1. The Hall–Kier alpha value is -2.34. The number of rotatable bonds is 6. The van der Waals surface area contributed by atoms with E-state index in [1.165, 1.54) is 0 Å². The van der Waals surface area contributed by atoms with Crippen molar-refractivity contribution in [3.63, 3.8) is 0 Å². The molecular formula is C18H24N4O2. The summed E-state index contributed by atoms with van der Waals surface area (Å²) in [6.07, 6.45) is 3.93. The number of nitrogens with zero attached hydrogens (tertiary/aromatic N) is 3. The van der Waals surface area contributed by atoms with Crippen LogP contribution in [-0.2, 0) is 6.54 Å². The Morgan fingerprint density at radius 1 is 1.38 bits per heavy atom. The average Bonchev–Trinajstić information content (AvgIpc) is 3.28. The molecule has 128 valence electrons. The van der Waals surface area contributed by atoms with E-state index in [1.54, 1.807) is 11.9 Å². The number of hydrogen-bond acceptors (Lipinski definition) is 3. The van der Waals surface area contributed by atoms with Crippen LogP contribution >= 0.6 is 0 Å². The molecule has 6 nitrogen and oxygen atoms in total. The fourth-order valence-corrected chi connectivity index (χ4v) is 2.81. The van der Waals surface area contributed by atoms with E-state index in [1.807, 2.05) is 48.1 Å². The summed E-state index contributed by atoms with van der Waals surface area (Å²) in [5.41, 5.74) is 2.81. The smallest absolute Gasteiger partial charge is 0.317 e. The maximum absolute atomic E-state index is 12.2. The van der Waals surface area contributed by atoms with Gasteiger partial charge in [0.05, 0.1) is 18.0 Å². The van der Waals surface area contributed by atoms with Crippen LogP contribution in [-0.4, -0.2) is 46.0 Å². The van der Waals surface area contributed by atoms with Crippen LogP contribution in [0.25, 0.3) is 5.69 Å². The van der Waals surface area contributed by atoms with Crippen LogP contribution in [0.5, 0.6) is 0 Å². The first-order valence-electron chi connectivity index (χ1n) is 8.23. The minimum Gasteiger partial charge on any atom is -0.396 e. The van der Waals surface area contributed by atoms with Crippen molar-refractivity contribution >= 4 is 6.03 Å². The Kier molecular flexibility index (Phi) is 4.57. The van der Waals surface area contributed by atoms with Crippen LogP contribution in [0.1, 0.15) is 24.1 Å². The van der Waals surface area contributed by atoms with Crippen molar-refractivity contribution in [3.05, 3.63) is 47.8 Å². The van der Waals surface area contributed by atoms with E-state index < -0.39 is 0 Å². The first kappa shape index (κ1) is 16.5. The van der Waals surface area contributed by atoms with Crippen LogP contribution in [0.4, 0.5) is 4.79 Å². The van der Waals surface area contributed by atoms with Crippen molar-refractivity contribution in [1.29, 1.82) is 0 Å². The number of aromatic nitrogens is 2. The molecule has 2 amide bonds. The summed E-state index contributed by atoms with van der Waals surface area (Å²) in [4.78, 5) is 13.9. The summed E-state index contributed by atoms with van der Waals surface area (Å²) >= 11 is 0. The van der Waals surface area contributed by atoms with E-state index in [0.717, 1.165) is 29.8 Å². The number of para-hydroxylation sites is 1. The third-order valence-corrected chi connectivity index (χ3v) is 4.66. The van der Waals surface area contributed by atoms with Gasteiger partial charge in [-0.15, -0.1) is 0 Å². The molecule has 1 aliphatic rings. The molecule has 0 radical (unpaired) electrons. The number of amides is 2. The number of urea groups is 1. The highest BCUT2D eigenvalue weighted by Crippen LogP contribution is 2.45. The third kappa shape index (κ3) is 3.59. The molecule has 0 unspecified atom stereocenters. The number of carbonyl (C=O) groups is 1. The molecule has 2 N–H and O–H groups in total. The van der Waals surface area contributed by atoms with Crippen molar-refractivity contribution in [1.82, 2.24) is 20.0 Å². The van der Waals surface area contributed by atoms with Gasteiger partial charge in [0.25, 0.3) is 0 Å². The van der Waals surface area contributed by atoms with E-state index in [0.29, 0.717) is 13.1 Å². The fraction of sp³-hybridized carbons (Fsp3) is 0.444. The topological polar surface area (TPSA) is 70.4 Å². The lowest BCUT2D eigenvalue weighted by Crippen LogP contribution is -2.40. The fourth-order valence-electron chi connectivity index (χ4n) is 2.81. The second kappa shape index (κ2) is 6.65. The number of nitrogens with one attached hydrogen (secondary N) is 1. The van der Waals surface area contributed by atoms with Crippen LogP contribution in [0.15, 0.2) is 36.5 Å². The minimum absolute atomic E-state index is 0.0692. The van der Waals surface area contributed by atoms with Crippen molar-refractivity contribution in [2.24, 2.45) is 5.41 Å². The molecule has 3 rings (SSSR count). The zero-order chi connectivity index (χ0) is 17.2. The monoisotopic (exact) mass is 328 g/mol. The highest BCUT2D eigenvalue weighted by atomic mass is 16.3. The summed E-state index contributed by atoms with van der Waals surface area (Å²) < 4.78 is 1.82. The molecule has 0 saturated heterocycles. The Bertz CT molecular complexity index is 707. The molecule has 1 aromatic carbocycles. The standard InChI is InChI=1S/C18H24N4O2/c1-14-15(11-22(20-14)16-6-4-3-5-7-16)10-19-17(24)21(2)12-18(13-23)8-9-18/h3-7,11,23H,8-10,12-13H2,1-2H3,(H,19,24). The van der Waals surface area contributed by atoms with Crippen molar-refractivity contribution in [2.75, 3.05) is 20.2 Å².